The van der Waals surface area contributed by atoms with Gasteiger partial charge in [0.05, 0.1) is 5.69 Å². The van der Waals surface area contributed by atoms with Gasteiger partial charge in [-0.2, -0.15) is 0 Å². The highest BCUT2D eigenvalue weighted by atomic mass is 127. The van der Waals surface area contributed by atoms with Gasteiger partial charge in [0, 0.05) is 13.1 Å². The van der Waals surface area contributed by atoms with Crippen molar-refractivity contribution in [2.45, 2.75) is 39.5 Å². The highest BCUT2D eigenvalue weighted by Gasteiger charge is 2.34. The zero-order valence-corrected chi connectivity index (χ0v) is 17.8. The fourth-order valence-electron chi connectivity index (χ4n) is 2.91. The van der Waals surface area contributed by atoms with E-state index in [-0.39, 0.29) is 35.9 Å². The fourth-order valence-corrected chi connectivity index (χ4v) is 2.91. The van der Waals surface area contributed by atoms with Crippen LogP contribution in [0.15, 0.2) is 17.1 Å². The van der Waals surface area contributed by atoms with Gasteiger partial charge in [-0.05, 0) is 43.7 Å². The van der Waals surface area contributed by atoms with Gasteiger partial charge in [-0.3, -0.25) is 4.79 Å². The number of benzene rings is 1. The summed E-state index contributed by atoms with van der Waals surface area (Å²) in [7, 11) is 0. The Morgan fingerprint density at radius 1 is 1.15 bits per heavy atom. The topological polar surface area (TPSA) is 65.5 Å². The molecule has 2 rings (SSSR count). The second-order valence-electron chi connectivity index (χ2n) is 6.53. The second-order valence-corrected chi connectivity index (χ2v) is 6.53. The highest BCUT2D eigenvalue weighted by molar-refractivity contribution is 14.0. The third-order valence-electron chi connectivity index (χ3n) is 4.83. The van der Waals surface area contributed by atoms with Gasteiger partial charge in [-0.15, -0.1) is 24.0 Å². The van der Waals surface area contributed by atoms with Crippen molar-refractivity contribution in [3.63, 3.8) is 0 Å². The zero-order chi connectivity index (χ0) is 19.2. The normalized spacial score (nSPS) is 15.4. The number of nitrogens with zero attached hydrogens (tertiary/aromatic N) is 1. The molecule has 0 atom stereocenters. The second kappa shape index (κ2) is 10.7. The lowest BCUT2D eigenvalue weighted by molar-refractivity contribution is -0.114. The first-order valence-electron chi connectivity index (χ1n) is 8.86. The number of amides is 1. The van der Waals surface area contributed by atoms with E-state index in [1.807, 2.05) is 6.92 Å². The number of carbonyl (C=O) groups excluding carboxylic acids is 1. The van der Waals surface area contributed by atoms with E-state index >= 15 is 0 Å². The first-order chi connectivity index (χ1) is 12.4. The molecule has 0 aromatic heterocycles. The van der Waals surface area contributed by atoms with Crippen molar-refractivity contribution >= 4 is 41.5 Å². The molecule has 0 heterocycles. The van der Waals surface area contributed by atoms with Gasteiger partial charge in [0.15, 0.2) is 23.4 Å². The predicted octanol–water partition coefficient (Wildman–Crippen LogP) is 3.80. The summed E-state index contributed by atoms with van der Waals surface area (Å²) < 4.78 is 39.7. The van der Waals surface area contributed by atoms with Gasteiger partial charge in [0.25, 0.3) is 0 Å². The van der Waals surface area contributed by atoms with Gasteiger partial charge in [0.2, 0.25) is 5.91 Å². The molecule has 1 aromatic carbocycles. The molecular formula is C18H26F3IN4O. The highest BCUT2D eigenvalue weighted by Crippen LogP contribution is 2.42. The Morgan fingerprint density at radius 3 is 2.41 bits per heavy atom. The molecule has 0 bridgehead atoms. The Balaban J connectivity index is 0.00000364. The van der Waals surface area contributed by atoms with Crippen molar-refractivity contribution in [1.29, 1.82) is 0 Å². The average molecular weight is 498 g/mol. The largest absolute Gasteiger partial charge is 0.357 e. The van der Waals surface area contributed by atoms with Gasteiger partial charge < -0.3 is 16.0 Å². The molecule has 1 fully saturated rings. The number of hydrogen-bond acceptors (Lipinski definition) is 2. The summed E-state index contributed by atoms with van der Waals surface area (Å²) in [5.41, 5.74) is -0.130. The maximum absolute atomic E-state index is 13.6. The maximum Gasteiger partial charge on any atom is 0.246 e. The van der Waals surface area contributed by atoms with Crippen LogP contribution >= 0.6 is 24.0 Å². The van der Waals surface area contributed by atoms with Crippen LogP contribution < -0.4 is 16.0 Å². The van der Waals surface area contributed by atoms with Gasteiger partial charge in [-0.1, -0.05) is 13.3 Å². The number of anilines is 1. The number of carbonyl (C=O) groups is 1. The van der Waals surface area contributed by atoms with Crippen LogP contribution in [-0.4, -0.2) is 31.5 Å². The monoisotopic (exact) mass is 498 g/mol. The quantitative estimate of drug-likeness (QED) is 0.232. The summed E-state index contributed by atoms with van der Waals surface area (Å²) in [4.78, 5) is 16.1. The van der Waals surface area contributed by atoms with Gasteiger partial charge in [-0.25, -0.2) is 18.2 Å². The molecule has 0 saturated heterocycles. The lowest BCUT2D eigenvalue weighted by Gasteiger charge is -2.41. The molecule has 1 amide bonds. The lowest BCUT2D eigenvalue weighted by atomic mass is 9.67. The zero-order valence-electron chi connectivity index (χ0n) is 15.5. The van der Waals surface area contributed by atoms with E-state index in [0.717, 1.165) is 25.1 Å². The SMILES string of the molecule is CCNC(=NCC(=O)Nc1ccc(F)c(F)c1F)NCC1(CC)CCC1.I. The Kier molecular flexibility index (Phi) is 9.34. The summed E-state index contributed by atoms with van der Waals surface area (Å²) in [6.45, 7) is 5.20. The number of aliphatic imine (C=N–C) groups is 1. The Bertz CT molecular complexity index is 675. The van der Waals surface area contributed by atoms with E-state index in [1.54, 1.807) is 0 Å². The molecular weight excluding hydrogens is 472 g/mol. The van der Waals surface area contributed by atoms with E-state index in [0.29, 0.717) is 12.5 Å². The summed E-state index contributed by atoms with van der Waals surface area (Å²) in [6, 6.07) is 1.73. The first-order valence-corrected chi connectivity index (χ1v) is 8.86. The van der Waals surface area contributed by atoms with E-state index in [4.69, 9.17) is 0 Å². The lowest BCUT2D eigenvalue weighted by Crippen LogP contribution is -2.46. The van der Waals surface area contributed by atoms with Crippen molar-refractivity contribution in [1.82, 2.24) is 10.6 Å². The van der Waals surface area contributed by atoms with E-state index in [9.17, 15) is 18.0 Å². The molecule has 1 aliphatic carbocycles. The number of halogens is 4. The molecule has 1 aliphatic rings. The van der Waals surface area contributed by atoms with Crippen molar-refractivity contribution in [3.05, 3.63) is 29.6 Å². The summed E-state index contributed by atoms with van der Waals surface area (Å²) in [6.07, 6.45) is 4.65. The predicted molar refractivity (Wildman–Crippen MR) is 111 cm³/mol. The van der Waals surface area contributed by atoms with E-state index < -0.39 is 29.0 Å². The Hall–Kier alpha value is -1.52. The van der Waals surface area contributed by atoms with E-state index in [2.05, 4.69) is 27.9 Å². The van der Waals surface area contributed by atoms with Crippen molar-refractivity contribution in [2.75, 3.05) is 25.0 Å². The van der Waals surface area contributed by atoms with Crippen LogP contribution in [0.5, 0.6) is 0 Å². The Labute approximate surface area is 174 Å². The number of nitrogens with one attached hydrogen (secondary N) is 3. The molecule has 1 saturated carbocycles. The molecule has 9 heteroatoms. The third kappa shape index (κ3) is 6.25. The molecule has 0 spiro atoms. The number of guanidine groups is 1. The van der Waals surface area contributed by atoms with Crippen LogP contribution in [0.25, 0.3) is 0 Å². The van der Waals surface area contributed by atoms with Crippen LogP contribution in [-0.2, 0) is 4.79 Å². The van der Waals surface area contributed by atoms with Crippen molar-refractivity contribution in [3.8, 4) is 0 Å². The number of rotatable bonds is 7. The summed E-state index contributed by atoms with van der Waals surface area (Å²) in [5.74, 6) is -4.49. The van der Waals surface area contributed by atoms with E-state index in [1.165, 1.54) is 19.3 Å². The molecule has 27 heavy (non-hydrogen) atoms. The first kappa shape index (κ1) is 23.5. The molecule has 152 valence electrons. The smallest absolute Gasteiger partial charge is 0.246 e. The van der Waals surface area contributed by atoms with Crippen molar-refractivity contribution < 1.29 is 18.0 Å². The van der Waals surface area contributed by atoms with Gasteiger partial charge >= 0.3 is 0 Å². The average Bonchev–Trinajstić information content (AvgIpc) is 2.59. The van der Waals surface area contributed by atoms with Crippen LogP contribution in [0.1, 0.15) is 39.5 Å². The minimum Gasteiger partial charge on any atom is -0.357 e. The summed E-state index contributed by atoms with van der Waals surface area (Å²) in [5, 5.41) is 8.49. The Morgan fingerprint density at radius 2 is 1.85 bits per heavy atom. The standard InChI is InChI=1S/C18H25F3N4O.HI/c1-3-18(8-5-9-18)11-24-17(22-4-2)23-10-14(26)25-13-7-6-12(19)15(20)16(13)21;/h6-7H,3-5,8-11H2,1-2H3,(H,25,26)(H2,22,23,24);1H. The van der Waals surface area contributed by atoms with Crippen LogP contribution in [0, 0.1) is 22.9 Å². The van der Waals surface area contributed by atoms with Crippen LogP contribution in [0.3, 0.4) is 0 Å². The minimum absolute atomic E-state index is 0. The molecule has 0 radical (unpaired) electrons. The molecule has 5 nitrogen and oxygen atoms in total. The maximum atomic E-state index is 13.6. The number of hydrogen-bond donors (Lipinski definition) is 3. The fraction of sp³-hybridized carbons (Fsp3) is 0.556. The molecule has 1 aromatic rings. The minimum atomic E-state index is -1.62. The molecule has 0 aliphatic heterocycles. The molecule has 3 N–H and O–H groups in total. The molecule has 0 unspecified atom stereocenters. The van der Waals surface area contributed by atoms with Gasteiger partial charge in [0.1, 0.15) is 6.54 Å². The van der Waals surface area contributed by atoms with Crippen molar-refractivity contribution in [2.24, 2.45) is 10.4 Å². The van der Waals surface area contributed by atoms with Crippen LogP contribution in [0.2, 0.25) is 0 Å². The van der Waals surface area contributed by atoms with Crippen LogP contribution in [0.4, 0.5) is 18.9 Å². The third-order valence-corrected chi connectivity index (χ3v) is 4.83. The summed E-state index contributed by atoms with van der Waals surface area (Å²) >= 11 is 0.